The molecule has 1 aromatic carbocycles. The molecule has 1 atom stereocenters. The van der Waals surface area contributed by atoms with Crippen LogP contribution in [0.25, 0.3) is 0 Å². The van der Waals surface area contributed by atoms with Crippen LogP contribution >= 0.6 is 12.2 Å². The lowest BCUT2D eigenvalue weighted by molar-refractivity contribution is -0.128. The number of hydrogen-bond acceptors (Lipinski definition) is 6. The number of nitrogens with zero attached hydrogens (tertiary/aromatic N) is 2. The van der Waals surface area contributed by atoms with Gasteiger partial charge in [-0.05, 0) is 43.3 Å². The maximum absolute atomic E-state index is 12.9. The molecule has 1 aromatic rings. The molecular weight excluding hydrogens is 398 g/mol. The van der Waals surface area contributed by atoms with Gasteiger partial charge in [0.1, 0.15) is 11.4 Å². The molecule has 28 heavy (non-hydrogen) atoms. The Labute approximate surface area is 174 Å². The molecule has 1 amide bonds. The summed E-state index contributed by atoms with van der Waals surface area (Å²) < 4.78 is 30.5. The second-order valence-corrected chi connectivity index (χ2v) is 7.51. The van der Waals surface area contributed by atoms with Crippen LogP contribution in [0.5, 0.6) is 5.75 Å². The van der Waals surface area contributed by atoms with Crippen molar-refractivity contribution in [1.29, 1.82) is 0 Å². The summed E-state index contributed by atoms with van der Waals surface area (Å²) >= 11 is 5.34. The summed E-state index contributed by atoms with van der Waals surface area (Å²) in [5.74, 6) is 0.175. The highest BCUT2D eigenvalue weighted by molar-refractivity contribution is 7.80. The fraction of sp³-hybridized carbons (Fsp3) is 0.579. The average Bonchev–Trinajstić information content (AvgIpc) is 2.65. The first kappa shape index (κ1) is 24.0. The number of rotatable bonds is 10. The fourth-order valence-electron chi connectivity index (χ4n) is 2.93. The molecule has 1 unspecified atom stereocenters. The molecule has 0 fully saturated rings. The molecule has 1 N–H and O–H groups in total. The van der Waals surface area contributed by atoms with Gasteiger partial charge in [-0.1, -0.05) is 38.7 Å². The Kier molecular flexibility index (Phi) is 10.7. The van der Waals surface area contributed by atoms with E-state index in [0.717, 1.165) is 25.7 Å². The van der Waals surface area contributed by atoms with Crippen LogP contribution in [0.4, 0.5) is 5.69 Å². The van der Waals surface area contributed by atoms with Crippen LogP contribution in [0, 0.1) is 0 Å². The van der Waals surface area contributed by atoms with Crippen LogP contribution in [0.15, 0.2) is 22.6 Å². The van der Waals surface area contributed by atoms with E-state index < -0.39 is 10.5 Å². The van der Waals surface area contributed by atoms with Crippen molar-refractivity contribution in [3.05, 3.63) is 23.8 Å². The lowest BCUT2D eigenvalue weighted by Crippen LogP contribution is -2.48. The van der Waals surface area contributed by atoms with Gasteiger partial charge in [0.25, 0.3) is 0 Å². The van der Waals surface area contributed by atoms with Gasteiger partial charge in [-0.2, -0.15) is 8.42 Å². The normalized spacial score (nSPS) is 11.4. The maximum atomic E-state index is 12.9. The zero-order chi connectivity index (χ0) is 21.1. The van der Waals surface area contributed by atoms with Crippen LogP contribution < -0.4 is 10.1 Å². The Hall–Kier alpha value is -2.00. The number of unbranched alkanes of at least 4 members (excludes halogenated alkanes) is 3. The SMILES string of the molecule is CCCCCCC(C)N(C(=O)Cc1ccc(OC)c(N=S(=O)=O)c1)C(=S)NC. The van der Waals surface area contributed by atoms with Crippen molar-refractivity contribution < 1.29 is 17.9 Å². The summed E-state index contributed by atoms with van der Waals surface area (Å²) in [5.41, 5.74) is 0.800. The van der Waals surface area contributed by atoms with Gasteiger partial charge in [0, 0.05) is 13.1 Å². The Morgan fingerprint density at radius 3 is 2.61 bits per heavy atom. The van der Waals surface area contributed by atoms with Crippen molar-refractivity contribution in [3.8, 4) is 5.75 Å². The molecule has 0 aliphatic rings. The first-order chi connectivity index (χ1) is 13.3. The summed E-state index contributed by atoms with van der Waals surface area (Å²) in [4.78, 5) is 14.6. The second kappa shape index (κ2) is 12.5. The third-order valence-electron chi connectivity index (χ3n) is 4.39. The summed E-state index contributed by atoms with van der Waals surface area (Å²) in [6.45, 7) is 4.15. The molecule has 156 valence electrons. The van der Waals surface area contributed by atoms with E-state index in [1.54, 1.807) is 30.1 Å². The third-order valence-corrected chi connectivity index (χ3v) is 5.14. The van der Waals surface area contributed by atoms with Crippen molar-refractivity contribution in [2.24, 2.45) is 4.36 Å². The van der Waals surface area contributed by atoms with E-state index in [1.807, 2.05) is 6.92 Å². The molecule has 0 saturated carbocycles. The summed E-state index contributed by atoms with van der Waals surface area (Å²) in [6, 6.07) is 4.83. The van der Waals surface area contributed by atoms with Gasteiger partial charge in [0.2, 0.25) is 5.91 Å². The largest absolute Gasteiger partial charge is 0.494 e. The predicted molar refractivity (Wildman–Crippen MR) is 114 cm³/mol. The highest BCUT2D eigenvalue weighted by atomic mass is 32.2. The molecule has 7 nitrogen and oxygen atoms in total. The van der Waals surface area contributed by atoms with Crippen molar-refractivity contribution in [1.82, 2.24) is 10.2 Å². The van der Waals surface area contributed by atoms with Crippen LogP contribution in [0.2, 0.25) is 0 Å². The molecule has 0 aromatic heterocycles. The number of methoxy groups -OCH3 is 1. The molecule has 9 heteroatoms. The summed E-state index contributed by atoms with van der Waals surface area (Å²) in [6.07, 6.45) is 5.45. The van der Waals surface area contributed by atoms with E-state index in [0.29, 0.717) is 16.4 Å². The van der Waals surface area contributed by atoms with E-state index in [1.165, 1.54) is 13.5 Å². The molecule has 0 spiro atoms. The van der Waals surface area contributed by atoms with Gasteiger partial charge in [-0.15, -0.1) is 4.36 Å². The minimum Gasteiger partial charge on any atom is -0.494 e. The van der Waals surface area contributed by atoms with Crippen molar-refractivity contribution in [3.63, 3.8) is 0 Å². The number of thiocarbonyl (C=S) groups is 1. The minimum absolute atomic E-state index is 0.0270. The molecule has 0 radical (unpaired) electrons. The molecule has 0 saturated heterocycles. The molecule has 0 heterocycles. The summed E-state index contributed by atoms with van der Waals surface area (Å²) in [7, 11) is 0.514. The van der Waals surface area contributed by atoms with Crippen LogP contribution in [-0.2, 0) is 21.7 Å². The van der Waals surface area contributed by atoms with Gasteiger partial charge in [0.15, 0.2) is 5.11 Å². The first-order valence-electron chi connectivity index (χ1n) is 9.35. The maximum Gasteiger partial charge on any atom is 0.316 e. The standard InChI is InChI=1S/C19H29N3O4S2/c1-5-6-7-8-9-14(2)22(19(27)20-3)18(23)13-15-10-11-17(26-4)16(12-15)21-28(24)25/h10-12,14H,5-9,13H2,1-4H3,(H,20,27). The zero-order valence-corrected chi connectivity index (χ0v) is 18.5. The lowest BCUT2D eigenvalue weighted by atomic mass is 10.1. The van der Waals surface area contributed by atoms with E-state index >= 15 is 0 Å². The molecule has 0 bridgehead atoms. The number of carbonyl (C=O) groups is 1. The van der Waals surface area contributed by atoms with E-state index in [-0.39, 0.29) is 24.1 Å². The third kappa shape index (κ3) is 7.55. The fourth-order valence-corrected chi connectivity index (χ4v) is 3.52. The van der Waals surface area contributed by atoms with Crippen LogP contribution in [-0.4, -0.2) is 44.5 Å². The minimum atomic E-state index is -2.61. The highest BCUT2D eigenvalue weighted by Crippen LogP contribution is 2.28. The van der Waals surface area contributed by atoms with E-state index in [2.05, 4.69) is 16.6 Å². The number of carbonyl (C=O) groups excluding carboxylic acids is 1. The summed E-state index contributed by atoms with van der Waals surface area (Å²) in [5, 5.41) is 3.27. The predicted octanol–water partition coefficient (Wildman–Crippen LogP) is 3.62. The van der Waals surface area contributed by atoms with Crippen LogP contribution in [0.1, 0.15) is 51.5 Å². The van der Waals surface area contributed by atoms with Crippen molar-refractivity contribution >= 4 is 39.4 Å². The van der Waals surface area contributed by atoms with Crippen molar-refractivity contribution in [2.75, 3.05) is 14.2 Å². The van der Waals surface area contributed by atoms with E-state index in [4.69, 9.17) is 17.0 Å². The smallest absolute Gasteiger partial charge is 0.316 e. The zero-order valence-electron chi connectivity index (χ0n) is 16.9. The Balaban J connectivity index is 2.98. The number of benzene rings is 1. The van der Waals surface area contributed by atoms with Gasteiger partial charge in [0.05, 0.1) is 13.5 Å². The first-order valence-corrected chi connectivity index (χ1v) is 10.8. The quantitative estimate of drug-likeness (QED) is 0.453. The number of amides is 1. The number of hydrogen-bond donors (Lipinski definition) is 1. The second-order valence-electron chi connectivity index (χ2n) is 6.51. The number of nitrogens with one attached hydrogen (secondary N) is 1. The topological polar surface area (TPSA) is 88.1 Å². The highest BCUT2D eigenvalue weighted by Gasteiger charge is 2.23. The van der Waals surface area contributed by atoms with Gasteiger partial charge in [-0.25, -0.2) is 0 Å². The molecule has 0 aliphatic heterocycles. The lowest BCUT2D eigenvalue weighted by Gasteiger charge is -2.29. The Bertz CT molecular complexity index is 801. The van der Waals surface area contributed by atoms with Gasteiger partial charge in [-0.3, -0.25) is 9.69 Å². The van der Waals surface area contributed by atoms with Crippen LogP contribution in [0.3, 0.4) is 0 Å². The Morgan fingerprint density at radius 2 is 2.04 bits per heavy atom. The van der Waals surface area contributed by atoms with Crippen molar-refractivity contribution in [2.45, 2.75) is 58.4 Å². The number of ether oxygens (including phenoxy) is 1. The molecule has 0 aliphatic carbocycles. The average molecular weight is 428 g/mol. The van der Waals surface area contributed by atoms with E-state index in [9.17, 15) is 13.2 Å². The van der Waals surface area contributed by atoms with Gasteiger partial charge < -0.3 is 10.1 Å². The molecular formula is C19H29N3O4S2. The monoisotopic (exact) mass is 427 g/mol. The van der Waals surface area contributed by atoms with Gasteiger partial charge >= 0.3 is 10.5 Å². The molecule has 1 rings (SSSR count). The Morgan fingerprint density at radius 1 is 1.32 bits per heavy atom.